The molecule has 1 aliphatic rings. The molecular formula is C17H21Cl2N5O2. The van der Waals surface area contributed by atoms with Crippen LogP contribution in [0.25, 0.3) is 0 Å². The molecule has 140 valence electrons. The Balaban J connectivity index is 1.47. The molecule has 7 nitrogen and oxygen atoms in total. The first kappa shape index (κ1) is 19.1. The number of nitrogens with two attached hydrogens (primary N) is 1. The van der Waals surface area contributed by atoms with E-state index < -0.39 is 0 Å². The number of likely N-dealkylation sites (tertiary alicyclic amines) is 1. The Labute approximate surface area is 162 Å². The van der Waals surface area contributed by atoms with Crippen molar-refractivity contribution < 1.29 is 9.53 Å². The van der Waals surface area contributed by atoms with E-state index in [0.29, 0.717) is 48.5 Å². The number of hydrogen-bond acceptors (Lipinski definition) is 5. The van der Waals surface area contributed by atoms with E-state index in [4.69, 9.17) is 33.7 Å². The van der Waals surface area contributed by atoms with Crippen LogP contribution in [-0.2, 0) is 17.9 Å². The van der Waals surface area contributed by atoms with E-state index in [-0.39, 0.29) is 12.0 Å². The number of hydrogen-bond donors (Lipinski definition) is 1. The molecule has 1 amide bonds. The molecule has 0 atom stereocenters. The Morgan fingerprint density at radius 2 is 2.04 bits per heavy atom. The maximum Gasteiger partial charge on any atom is 0.276 e. The first-order valence-electron chi connectivity index (χ1n) is 8.52. The number of ether oxygens (including phenoxy) is 1. The van der Waals surface area contributed by atoms with Crippen LogP contribution in [0.15, 0.2) is 24.4 Å². The fourth-order valence-electron chi connectivity index (χ4n) is 2.87. The molecule has 1 fully saturated rings. The molecule has 0 aliphatic carbocycles. The van der Waals surface area contributed by atoms with Gasteiger partial charge in [-0.15, -0.1) is 5.10 Å². The zero-order chi connectivity index (χ0) is 18.5. The average molecular weight is 398 g/mol. The van der Waals surface area contributed by atoms with Crippen LogP contribution in [-0.4, -0.2) is 51.5 Å². The van der Waals surface area contributed by atoms with Crippen LogP contribution in [0.1, 0.15) is 28.9 Å². The summed E-state index contributed by atoms with van der Waals surface area (Å²) in [6.45, 7) is 2.75. The maximum atomic E-state index is 12.5. The van der Waals surface area contributed by atoms with Crippen molar-refractivity contribution in [2.24, 2.45) is 5.73 Å². The Hall–Kier alpha value is -1.67. The number of amides is 1. The van der Waals surface area contributed by atoms with Gasteiger partial charge in [0.1, 0.15) is 0 Å². The highest BCUT2D eigenvalue weighted by Gasteiger charge is 2.25. The number of piperidine rings is 1. The molecule has 9 heteroatoms. The lowest BCUT2D eigenvalue weighted by atomic mass is 10.1. The van der Waals surface area contributed by atoms with Gasteiger partial charge in [-0.2, -0.15) is 0 Å². The van der Waals surface area contributed by atoms with Crippen molar-refractivity contribution in [2.45, 2.75) is 32.1 Å². The van der Waals surface area contributed by atoms with Gasteiger partial charge in [-0.25, -0.2) is 0 Å². The first-order valence-corrected chi connectivity index (χ1v) is 9.27. The van der Waals surface area contributed by atoms with Gasteiger partial charge >= 0.3 is 0 Å². The molecule has 2 heterocycles. The second-order valence-corrected chi connectivity index (χ2v) is 7.02. The number of nitrogens with zero attached hydrogens (tertiary/aromatic N) is 4. The van der Waals surface area contributed by atoms with Crippen molar-refractivity contribution in [2.75, 3.05) is 19.6 Å². The molecule has 0 saturated carbocycles. The van der Waals surface area contributed by atoms with Gasteiger partial charge in [0.15, 0.2) is 5.69 Å². The van der Waals surface area contributed by atoms with E-state index in [0.717, 1.165) is 18.4 Å². The molecule has 0 unspecified atom stereocenters. The Morgan fingerprint density at radius 1 is 1.27 bits per heavy atom. The summed E-state index contributed by atoms with van der Waals surface area (Å²) >= 11 is 11.9. The predicted octanol–water partition coefficient (Wildman–Crippen LogP) is 2.37. The largest absolute Gasteiger partial charge is 0.373 e. The smallest absolute Gasteiger partial charge is 0.276 e. The van der Waals surface area contributed by atoms with Crippen molar-refractivity contribution in [1.82, 2.24) is 19.9 Å². The van der Waals surface area contributed by atoms with Crippen molar-refractivity contribution in [1.29, 1.82) is 0 Å². The Kier molecular flexibility index (Phi) is 6.48. The molecule has 2 aromatic rings. The van der Waals surface area contributed by atoms with Gasteiger partial charge in [0.25, 0.3) is 5.91 Å². The van der Waals surface area contributed by atoms with Crippen LogP contribution in [0.5, 0.6) is 0 Å². The normalized spacial score (nSPS) is 15.4. The highest BCUT2D eigenvalue weighted by molar-refractivity contribution is 6.42. The van der Waals surface area contributed by atoms with Crippen molar-refractivity contribution in [3.8, 4) is 0 Å². The summed E-state index contributed by atoms with van der Waals surface area (Å²) in [7, 11) is 0. The topological polar surface area (TPSA) is 86.3 Å². The van der Waals surface area contributed by atoms with Gasteiger partial charge in [0.05, 0.1) is 35.5 Å². The highest BCUT2D eigenvalue weighted by atomic mass is 35.5. The molecule has 1 aromatic carbocycles. The number of carbonyl (C=O) groups excluding carboxylic acids is 1. The standard InChI is InChI=1S/C17H21Cl2N5O2/c18-14-2-1-12(9-15(14)19)11-26-13-3-6-23(7-4-13)17(25)16-10-24(8-5-20)22-21-16/h1-2,9-10,13H,3-8,11,20H2. The van der Waals surface area contributed by atoms with Gasteiger partial charge in [-0.3, -0.25) is 9.48 Å². The van der Waals surface area contributed by atoms with E-state index in [1.807, 2.05) is 12.1 Å². The van der Waals surface area contributed by atoms with E-state index in [1.165, 1.54) is 0 Å². The maximum absolute atomic E-state index is 12.5. The van der Waals surface area contributed by atoms with Crippen LogP contribution >= 0.6 is 23.2 Å². The molecule has 3 rings (SSSR count). The Bertz CT molecular complexity index is 759. The Morgan fingerprint density at radius 3 is 2.73 bits per heavy atom. The lowest BCUT2D eigenvalue weighted by molar-refractivity contribution is -0.000509. The highest BCUT2D eigenvalue weighted by Crippen LogP contribution is 2.24. The summed E-state index contributed by atoms with van der Waals surface area (Å²) in [5, 5.41) is 8.90. The summed E-state index contributed by atoms with van der Waals surface area (Å²) in [5.41, 5.74) is 6.81. The third-order valence-corrected chi connectivity index (χ3v) is 5.05. The van der Waals surface area contributed by atoms with E-state index in [9.17, 15) is 4.79 Å². The van der Waals surface area contributed by atoms with Crippen molar-refractivity contribution in [3.63, 3.8) is 0 Å². The van der Waals surface area contributed by atoms with Crippen LogP contribution in [0.2, 0.25) is 10.0 Å². The van der Waals surface area contributed by atoms with Crippen LogP contribution < -0.4 is 5.73 Å². The zero-order valence-electron chi connectivity index (χ0n) is 14.3. The minimum absolute atomic E-state index is 0.101. The van der Waals surface area contributed by atoms with Crippen molar-refractivity contribution >= 4 is 29.1 Å². The van der Waals surface area contributed by atoms with Gasteiger partial charge < -0.3 is 15.4 Å². The molecule has 0 bridgehead atoms. The second-order valence-electron chi connectivity index (χ2n) is 6.21. The summed E-state index contributed by atoms with van der Waals surface area (Å²) in [5.74, 6) is -0.101. The average Bonchev–Trinajstić information content (AvgIpc) is 3.11. The molecule has 0 spiro atoms. The van der Waals surface area contributed by atoms with Gasteiger partial charge in [0, 0.05) is 19.6 Å². The minimum atomic E-state index is -0.101. The lowest BCUT2D eigenvalue weighted by Crippen LogP contribution is -2.41. The molecule has 26 heavy (non-hydrogen) atoms. The predicted molar refractivity (Wildman–Crippen MR) is 99.3 cm³/mol. The number of aromatic nitrogens is 3. The first-order chi connectivity index (χ1) is 12.6. The third-order valence-electron chi connectivity index (χ3n) is 4.31. The molecule has 0 radical (unpaired) electrons. The van der Waals surface area contributed by atoms with Crippen LogP contribution in [0, 0.1) is 0 Å². The number of benzene rings is 1. The summed E-state index contributed by atoms with van der Waals surface area (Å²) < 4.78 is 7.53. The number of rotatable bonds is 6. The van der Waals surface area contributed by atoms with Crippen LogP contribution in [0.3, 0.4) is 0 Å². The minimum Gasteiger partial charge on any atom is -0.373 e. The summed E-state index contributed by atoms with van der Waals surface area (Å²) in [6.07, 6.45) is 3.32. The zero-order valence-corrected chi connectivity index (χ0v) is 15.8. The SMILES string of the molecule is NCCn1cc(C(=O)N2CCC(OCc3ccc(Cl)c(Cl)c3)CC2)nn1. The third kappa shape index (κ3) is 4.73. The molecule has 2 N–H and O–H groups in total. The number of carbonyl (C=O) groups is 1. The van der Waals surface area contributed by atoms with E-state index >= 15 is 0 Å². The van der Waals surface area contributed by atoms with Crippen LogP contribution in [0.4, 0.5) is 0 Å². The second kappa shape index (κ2) is 8.81. The lowest BCUT2D eigenvalue weighted by Gasteiger charge is -2.31. The molecule has 1 aliphatic heterocycles. The quantitative estimate of drug-likeness (QED) is 0.808. The van der Waals surface area contributed by atoms with E-state index in [1.54, 1.807) is 21.8 Å². The van der Waals surface area contributed by atoms with Crippen molar-refractivity contribution in [3.05, 3.63) is 45.7 Å². The number of halogens is 2. The van der Waals surface area contributed by atoms with E-state index in [2.05, 4.69) is 10.3 Å². The van der Waals surface area contributed by atoms with Gasteiger partial charge in [-0.05, 0) is 30.5 Å². The fraction of sp³-hybridized carbons (Fsp3) is 0.471. The monoisotopic (exact) mass is 397 g/mol. The molecular weight excluding hydrogens is 377 g/mol. The fourth-order valence-corrected chi connectivity index (χ4v) is 3.19. The summed E-state index contributed by atoms with van der Waals surface area (Å²) in [4.78, 5) is 14.3. The van der Waals surface area contributed by atoms with Gasteiger partial charge in [0.2, 0.25) is 0 Å². The molecule has 1 saturated heterocycles. The van der Waals surface area contributed by atoms with Gasteiger partial charge in [-0.1, -0.05) is 34.5 Å². The molecule has 1 aromatic heterocycles. The summed E-state index contributed by atoms with van der Waals surface area (Å²) in [6, 6.07) is 5.48.